The lowest BCUT2D eigenvalue weighted by molar-refractivity contribution is 0.204. The van der Waals surface area contributed by atoms with Crippen LogP contribution in [0.2, 0.25) is 0 Å². The summed E-state index contributed by atoms with van der Waals surface area (Å²) in [4.78, 5) is 0. The van der Waals surface area contributed by atoms with Crippen molar-refractivity contribution in [3.8, 4) is 0 Å². The molecule has 0 saturated carbocycles. The highest BCUT2D eigenvalue weighted by Gasteiger charge is 2.17. The Morgan fingerprint density at radius 2 is 2.31 bits per heavy atom. The van der Waals surface area contributed by atoms with Gasteiger partial charge in [-0.2, -0.15) is 23.1 Å². The van der Waals surface area contributed by atoms with E-state index in [0.717, 1.165) is 0 Å². The third-order valence-electron chi connectivity index (χ3n) is 1.68. The topological polar surface area (TPSA) is 122 Å². The van der Waals surface area contributed by atoms with E-state index in [2.05, 4.69) is 30.1 Å². The second-order valence-electron chi connectivity index (χ2n) is 3.00. The van der Waals surface area contributed by atoms with Crippen LogP contribution in [-0.4, -0.2) is 49.3 Å². The number of H-pyrrole nitrogens is 1. The number of ether oxygens (including phenoxy) is 1. The molecule has 1 atom stereocenters. The van der Waals surface area contributed by atoms with E-state index in [9.17, 15) is 8.42 Å². The van der Waals surface area contributed by atoms with Gasteiger partial charge in [0.2, 0.25) is 0 Å². The Bertz CT molecular complexity index is 390. The molecule has 0 aliphatic heterocycles. The van der Waals surface area contributed by atoms with Crippen molar-refractivity contribution in [3.05, 3.63) is 5.82 Å². The number of tetrazole rings is 1. The fourth-order valence-electron chi connectivity index (χ4n) is 0.958. The van der Waals surface area contributed by atoms with Crippen LogP contribution in [0, 0.1) is 0 Å². The Hall–Kier alpha value is -1.10. The van der Waals surface area contributed by atoms with Crippen molar-refractivity contribution in [2.45, 2.75) is 13.0 Å². The predicted molar refractivity (Wildman–Crippen MR) is 54.5 cm³/mol. The van der Waals surface area contributed by atoms with Crippen molar-refractivity contribution in [2.24, 2.45) is 0 Å². The number of aromatic amines is 1. The Kier molecular flexibility index (Phi) is 4.73. The molecule has 0 aromatic carbocycles. The van der Waals surface area contributed by atoms with Crippen LogP contribution in [0.25, 0.3) is 0 Å². The summed E-state index contributed by atoms with van der Waals surface area (Å²) >= 11 is 0. The molecule has 10 heteroatoms. The highest BCUT2D eigenvalue weighted by atomic mass is 32.2. The number of hydrogen-bond donors (Lipinski definition) is 3. The van der Waals surface area contributed by atoms with Gasteiger partial charge in [0, 0.05) is 13.7 Å². The maximum atomic E-state index is 11.4. The van der Waals surface area contributed by atoms with Crippen molar-refractivity contribution < 1.29 is 13.2 Å². The van der Waals surface area contributed by atoms with Gasteiger partial charge in [-0.1, -0.05) is 5.21 Å². The van der Waals surface area contributed by atoms with Gasteiger partial charge in [-0.3, -0.25) is 0 Å². The van der Waals surface area contributed by atoms with E-state index in [1.165, 1.54) is 7.11 Å². The molecule has 92 valence electrons. The van der Waals surface area contributed by atoms with Gasteiger partial charge in [0.1, 0.15) is 0 Å². The zero-order valence-corrected chi connectivity index (χ0v) is 9.78. The molecule has 1 heterocycles. The Balaban J connectivity index is 2.46. The zero-order chi connectivity index (χ0) is 12.0. The van der Waals surface area contributed by atoms with Gasteiger partial charge in [-0.25, -0.2) is 0 Å². The number of hydrogen-bond acceptors (Lipinski definition) is 6. The highest BCUT2D eigenvalue weighted by molar-refractivity contribution is 7.87. The van der Waals surface area contributed by atoms with Crippen LogP contribution < -0.4 is 9.44 Å². The van der Waals surface area contributed by atoms with Gasteiger partial charge in [-0.15, -0.1) is 10.2 Å². The normalized spacial score (nSPS) is 13.9. The van der Waals surface area contributed by atoms with E-state index in [-0.39, 0.29) is 12.4 Å². The van der Waals surface area contributed by atoms with E-state index in [1.807, 2.05) is 0 Å². The molecule has 0 saturated heterocycles. The van der Waals surface area contributed by atoms with Gasteiger partial charge < -0.3 is 4.74 Å². The fourth-order valence-corrected chi connectivity index (χ4v) is 1.96. The second-order valence-corrected chi connectivity index (χ2v) is 4.53. The van der Waals surface area contributed by atoms with E-state index in [0.29, 0.717) is 6.61 Å². The van der Waals surface area contributed by atoms with Gasteiger partial charge in [0.25, 0.3) is 10.2 Å². The standard InChI is InChI=1S/C6H14N6O3S/c1-5(6-8-11-12-9-6)10-16(13,14)7-3-4-15-2/h5,7,10H,3-4H2,1-2H3,(H,8,9,11,12). The molecule has 1 aromatic heterocycles. The molecule has 16 heavy (non-hydrogen) atoms. The molecule has 1 unspecified atom stereocenters. The summed E-state index contributed by atoms with van der Waals surface area (Å²) in [7, 11) is -2.09. The van der Waals surface area contributed by atoms with E-state index >= 15 is 0 Å². The minimum atomic E-state index is -3.58. The number of rotatable bonds is 7. The van der Waals surface area contributed by atoms with E-state index in [1.54, 1.807) is 6.92 Å². The van der Waals surface area contributed by atoms with Crippen molar-refractivity contribution >= 4 is 10.2 Å². The quantitative estimate of drug-likeness (QED) is 0.497. The van der Waals surface area contributed by atoms with Crippen LogP contribution in [0.1, 0.15) is 18.8 Å². The lowest BCUT2D eigenvalue weighted by Crippen LogP contribution is -2.39. The molecule has 0 aliphatic rings. The molecule has 1 rings (SSSR count). The largest absolute Gasteiger partial charge is 0.383 e. The first kappa shape index (κ1) is 13.0. The third-order valence-corrected chi connectivity index (χ3v) is 2.93. The van der Waals surface area contributed by atoms with Crippen molar-refractivity contribution in [2.75, 3.05) is 20.3 Å². The van der Waals surface area contributed by atoms with Gasteiger partial charge in [0.05, 0.1) is 12.6 Å². The molecule has 0 bridgehead atoms. The predicted octanol–water partition coefficient (Wildman–Crippen LogP) is -1.67. The average molecular weight is 250 g/mol. The molecule has 0 radical (unpaired) electrons. The highest BCUT2D eigenvalue weighted by Crippen LogP contribution is 2.03. The maximum Gasteiger partial charge on any atom is 0.277 e. The average Bonchev–Trinajstić information content (AvgIpc) is 2.69. The molecule has 9 nitrogen and oxygen atoms in total. The summed E-state index contributed by atoms with van der Waals surface area (Å²) in [6.07, 6.45) is 0. The van der Waals surface area contributed by atoms with Crippen molar-refractivity contribution in [3.63, 3.8) is 0 Å². The summed E-state index contributed by atoms with van der Waals surface area (Å²) in [5.41, 5.74) is 0. The van der Waals surface area contributed by atoms with Crippen molar-refractivity contribution in [1.82, 2.24) is 30.1 Å². The smallest absolute Gasteiger partial charge is 0.277 e. The first-order valence-corrected chi connectivity index (χ1v) is 6.02. The first-order valence-electron chi connectivity index (χ1n) is 4.54. The molecule has 0 fully saturated rings. The summed E-state index contributed by atoms with van der Waals surface area (Å²) in [6.45, 7) is 2.11. The van der Waals surface area contributed by atoms with Crippen LogP contribution in [0.3, 0.4) is 0 Å². The molecule has 3 N–H and O–H groups in total. The zero-order valence-electron chi connectivity index (χ0n) is 8.97. The van der Waals surface area contributed by atoms with Crippen LogP contribution in [0.5, 0.6) is 0 Å². The van der Waals surface area contributed by atoms with Crippen molar-refractivity contribution in [1.29, 1.82) is 0 Å². The number of nitrogens with one attached hydrogen (secondary N) is 3. The fraction of sp³-hybridized carbons (Fsp3) is 0.833. The lowest BCUT2D eigenvalue weighted by atomic mass is 10.4. The Morgan fingerprint density at radius 1 is 1.56 bits per heavy atom. The number of nitrogens with zero attached hydrogens (tertiary/aromatic N) is 3. The molecule has 0 aliphatic carbocycles. The Labute approximate surface area is 93.1 Å². The molecule has 1 aromatic rings. The number of aromatic nitrogens is 4. The van der Waals surface area contributed by atoms with E-state index < -0.39 is 16.3 Å². The molecular weight excluding hydrogens is 236 g/mol. The summed E-state index contributed by atoms with van der Waals surface area (Å²) < 4.78 is 32.3. The summed E-state index contributed by atoms with van der Waals surface area (Å²) in [6, 6.07) is -0.557. The summed E-state index contributed by atoms with van der Waals surface area (Å²) in [5, 5.41) is 12.9. The van der Waals surface area contributed by atoms with Crippen LogP contribution >= 0.6 is 0 Å². The maximum absolute atomic E-state index is 11.4. The van der Waals surface area contributed by atoms with E-state index in [4.69, 9.17) is 4.74 Å². The lowest BCUT2D eigenvalue weighted by Gasteiger charge is -2.11. The molecule has 0 spiro atoms. The monoisotopic (exact) mass is 250 g/mol. The first-order chi connectivity index (χ1) is 7.55. The molecule has 0 amide bonds. The molecular formula is C6H14N6O3S. The van der Waals surface area contributed by atoms with Gasteiger partial charge >= 0.3 is 0 Å². The van der Waals surface area contributed by atoms with Gasteiger partial charge in [0.15, 0.2) is 5.82 Å². The van der Waals surface area contributed by atoms with Crippen LogP contribution in [-0.2, 0) is 14.9 Å². The SMILES string of the molecule is COCCNS(=O)(=O)NC(C)c1nn[nH]n1. The van der Waals surface area contributed by atoms with Gasteiger partial charge in [-0.05, 0) is 6.92 Å². The second kappa shape index (κ2) is 5.84. The van der Waals surface area contributed by atoms with Crippen LogP contribution in [0.15, 0.2) is 0 Å². The minimum absolute atomic E-state index is 0.199. The summed E-state index contributed by atoms with van der Waals surface area (Å²) in [5.74, 6) is 0.275. The third kappa shape index (κ3) is 4.18. The minimum Gasteiger partial charge on any atom is -0.383 e. The number of methoxy groups -OCH3 is 1. The Morgan fingerprint density at radius 3 is 2.88 bits per heavy atom. The van der Waals surface area contributed by atoms with Crippen LogP contribution in [0.4, 0.5) is 0 Å².